The van der Waals surface area contributed by atoms with E-state index in [-0.39, 0.29) is 18.3 Å². The lowest BCUT2D eigenvalue weighted by atomic mass is 9.45. The summed E-state index contributed by atoms with van der Waals surface area (Å²) in [6.45, 7) is 5.84. The molecular formula is C22H28O6. The molecule has 2 fully saturated rings. The van der Waals surface area contributed by atoms with Crippen LogP contribution in [0.4, 0.5) is 0 Å². The number of epoxide rings is 1. The van der Waals surface area contributed by atoms with E-state index in [1.54, 1.807) is 18.6 Å². The van der Waals surface area contributed by atoms with Gasteiger partial charge in [0.25, 0.3) is 0 Å². The molecule has 0 aromatic carbocycles. The van der Waals surface area contributed by atoms with Gasteiger partial charge >= 0.3 is 5.97 Å². The van der Waals surface area contributed by atoms with Crippen LogP contribution in [-0.4, -0.2) is 41.8 Å². The maximum atomic E-state index is 13.4. The van der Waals surface area contributed by atoms with Crippen molar-refractivity contribution in [3.8, 4) is 0 Å². The third kappa shape index (κ3) is 2.69. The molecule has 0 amide bonds. The van der Waals surface area contributed by atoms with Gasteiger partial charge in [0.15, 0.2) is 5.78 Å². The van der Waals surface area contributed by atoms with Crippen LogP contribution in [0.3, 0.4) is 0 Å². The van der Waals surface area contributed by atoms with Crippen molar-refractivity contribution in [2.24, 2.45) is 16.7 Å². The summed E-state index contributed by atoms with van der Waals surface area (Å²) in [5.41, 5.74) is -0.0665. The Bertz CT molecular complexity index is 805. The first-order valence-corrected chi connectivity index (χ1v) is 9.95. The second-order valence-corrected chi connectivity index (χ2v) is 8.86. The zero-order valence-corrected chi connectivity index (χ0v) is 16.7. The summed E-state index contributed by atoms with van der Waals surface area (Å²) in [7, 11) is 0. The highest BCUT2D eigenvalue weighted by Crippen LogP contribution is 2.66. The lowest BCUT2D eigenvalue weighted by molar-refractivity contribution is -0.180. The van der Waals surface area contributed by atoms with Crippen LogP contribution in [0.5, 0.6) is 0 Å². The monoisotopic (exact) mass is 388 g/mol. The Morgan fingerprint density at radius 3 is 2.79 bits per heavy atom. The van der Waals surface area contributed by atoms with Gasteiger partial charge in [-0.1, -0.05) is 12.5 Å². The summed E-state index contributed by atoms with van der Waals surface area (Å²) in [6.07, 6.45) is 7.11. The van der Waals surface area contributed by atoms with Crippen molar-refractivity contribution in [1.82, 2.24) is 0 Å². The molecule has 152 valence electrons. The number of rotatable bonds is 5. The van der Waals surface area contributed by atoms with Crippen molar-refractivity contribution in [3.05, 3.63) is 35.8 Å². The van der Waals surface area contributed by atoms with E-state index in [4.69, 9.17) is 13.9 Å². The number of fused-ring (bicyclic) bond motifs is 2. The Labute approximate surface area is 164 Å². The van der Waals surface area contributed by atoms with Crippen LogP contribution < -0.4 is 0 Å². The van der Waals surface area contributed by atoms with Gasteiger partial charge in [0.2, 0.25) is 0 Å². The average Bonchev–Trinajstić information content (AvgIpc) is 3.23. The van der Waals surface area contributed by atoms with E-state index >= 15 is 0 Å². The SMILES string of the molecule is CC(=O)OC[C@@]12C(=O)C=C(C)[C@](C)(CCc3ccoc3)[C@H]1[C@@H](O)CC[C@]21CO1. The molecular weight excluding hydrogens is 360 g/mol. The average molecular weight is 388 g/mol. The van der Waals surface area contributed by atoms with Crippen molar-refractivity contribution >= 4 is 11.8 Å². The van der Waals surface area contributed by atoms with Crippen molar-refractivity contribution in [2.75, 3.05) is 13.2 Å². The predicted octanol–water partition coefficient (Wildman–Crippen LogP) is 2.84. The van der Waals surface area contributed by atoms with E-state index in [9.17, 15) is 14.7 Å². The number of aryl methyl sites for hydroxylation is 1. The largest absolute Gasteiger partial charge is 0.472 e. The number of furan rings is 1. The lowest BCUT2D eigenvalue weighted by Crippen LogP contribution is -2.66. The number of carbonyl (C=O) groups is 2. The summed E-state index contributed by atoms with van der Waals surface area (Å²) >= 11 is 0. The third-order valence-electron chi connectivity index (χ3n) is 7.46. The molecule has 5 atom stereocenters. The van der Waals surface area contributed by atoms with E-state index < -0.39 is 28.5 Å². The molecule has 2 heterocycles. The Morgan fingerprint density at radius 2 is 2.18 bits per heavy atom. The Balaban J connectivity index is 1.78. The number of ketones is 1. The van der Waals surface area contributed by atoms with Gasteiger partial charge in [-0.2, -0.15) is 0 Å². The molecule has 0 unspecified atom stereocenters. The van der Waals surface area contributed by atoms with E-state index in [0.717, 1.165) is 24.0 Å². The molecule has 1 saturated carbocycles. The van der Waals surface area contributed by atoms with E-state index in [0.29, 0.717) is 19.4 Å². The maximum Gasteiger partial charge on any atom is 0.302 e. The van der Waals surface area contributed by atoms with Crippen molar-refractivity contribution in [1.29, 1.82) is 0 Å². The predicted molar refractivity (Wildman–Crippen MR) is 100 cm³/mol. The smallest absolute Gasteiger partial charge is 0.302 e. The molecule has 1 spiro atoms. The second kappa shape index (κ2) is 6.56. The second-order valence-electron chi connectivity index (χ2n) is 8.86. The summed E-state index contributed by atoms with van der Waals surface area (Å²) in [5, 5.41) is 11.1. The van der Waals surface area contributed by atoms with E-state index in [1.807, 2.05) is 13.0 Å². The Morgan fingerprint density at radius 1 is 1.43 bits per heavy atom. The fourth-order valence-electron chi connectivity index (χ4n) is 5.65. The fourth-order valence-corrected chi connectivity index (χ4v) is 5.65. The third-order valence-corrected chi connectivity index (χ3v) is 7.46. The first kappa shape index (κ1) is 19.4. The molecule has 0 bridgehead atoms. The highest BCUT2D eigenvalue weighted by molar-refractivity contribution is 5.99. The molecule has 3 aliphatic rings. The van der Waals surface area contributed by atoms with Gasteiger partial charge in [-0.25, -0.2) is 0 Å². The molecule has 1 aliphatic heterocycles. The van der Waals surface area contributed by atoms with Crippen LogP contribution in [0.25, 0.3) is 0 Å². The normalized spacial score (nSPS) is 39.4. The fraction of sp³-hybridized carbons (Fsp3) is 0.636. The summed E-state index contributed by atoms with van der Waals surface area (Å²) < 4.78 is 16.5. The lowest BCUT2D eigenvalue weighted by Gasteiger charge is -2.58. The molecule has 6 nitrogen and oxygen atoms in total. The number of ether oxygens (including phenoxy) is 2. The molecule has 0 radical (unpaired) electrons. The minimum atomic E-state index is -1.04. The highest BCUT2D eigenvalue weighted by Gasteiger charge is 2.75. The van der Waals surface area contributed by atoms with E-state index in [1.165, 1.54) is 6.92 Å². The van der Waals surface area contributed by atoms with Crippen LogP contribution in [-0.2, 0) is 25.5 Å². The number of hydrogen-bond donors (Lipinski definition) is 1. The number of hydrogen-bond acceptors (Lipinski definition) is 6. The number of esters is 1. The van der Waals surface area contributed by atoms with Gasteiger partial charge in [-0.3, -0.25) is 9.59 Å². The summed E-state index contributed by atoms with van der Waals surface area (Å²) in [4.78, 5) is 25.0. The molecule has 1 N–H and O–H groups in total. The number of aliphatic hydroxyl groups excluding tert-OH is 1. The highest BCUT2D eigenvalue weighted by atomic mass is 16.6. The minimum absolute atomic E-state index is 0.0476. The first-order valence-electron chi connectivity index (χ1n) is 9.95. The van der Waals surface area contributed by atoms with Crippen LogP contribution in [0, 0.1) is 16.7 Å². The number of carbonyl (C=O) groups excluding carboxylic acids is 2. The van der Waals surface area contributed by atoms with Gasteiger partial charge < -0.3 is 19.0 Å². The van der Waals surface area contributed by atoms with E-state index in [2.05, 4.69) is 6.92 Å². The molecule has 1 aromatic heterocycles. The number of aliphatic hydroxyl groups is 1. The topological polar surface area (TPSA) is 89.3 Å². The first-order chi connectivity index (χ1) is 13.3. The van der Waals surface area contributed by atoms with Crippen molar-refractivity contribution in [3.63, 3.8) is 0 Å². The quantitative estimate of drug-likeness (QED) is 0.616. The van der Waals surface area contributed by atoms with Gasteiger partial charge in [0, 0.05) is 12.8 Å². The number of allylic oxidation sites excluding steroid dienone is 2. The van der Waals surface area contributed by atoms with Gasteiger partial charge in [-0.05, 0) is 55.7 Å². The maximum absolute atomic E-state index is 13.4. The molecule has 2 aliphatic carbocycles. The van der Waals surface area contributed by atoms with Crippen LogP contribution >= 0.6 is 0 Å². The van der Waals surface area contributed by atoms with Gasteiger partial charge in [-0.15, -0.1) is 0 Å². The Hall–Kier alpha value is -1.92. The van der Waals surface area contributed by atoms with Gasteiger partial charge in [0.1, 0.15) is 17.6 Å². The molecule has 4 rings (SSSR count). The standard InChI is InChI=1S/C22H28O6/c1-14-10-18(25)22(13-27-15(2)23)19(17(24)5-8-21(22)12-28-21)20(14,3)7-4-16-6-9-26-11-16/h6,9-11,17,19,24H,4-5,7-8,12-13H2,1-3H3/t17-,19+,20-,21-,22+/m0/s1. The Kier molecular flexibility index (Phi) is 4.55. The minimum Gasteiger partial charge on any atom is -0.472 e. The molecule has 1 aromatic rings. The van der Waals surface area contributed by atoms with Crippen LogP contribution in [0.1, 0.15) is 45.6 Å². The molecule has 6 heteroatoms. The summed E-state index contributed by atoms with van der Waals surface area (Å²) in [6, 6.07) is 1.94. The van der Waals surface area contributed by atoms with Gasteiger partial charge in [0.05, 0.1) is 25.2 Å². The van der Waals surface area contributed by atoms with Crippen LogP contribution in [0.15, 0.2) is 34.7 Å². The zero-order chi connectivity index (χ0) is 20.2. The molecule has 1 saturated heterocycles. The van der Waals surface area contributed by atoms with Crippen molar-refractivity contribution < 1.29 is 28.6 Å². The van der Waals surface area contributed by atoms with Crippen LogP contribution in [0.2, 0.25) is 0 Å². The summed E-state index contributed by atoms with van der Waals surface area (Å²) in [5.74, 6) is -0.892. The zero-order valence-electron chi connectivity index (χ0n) is 16.7. The molecule has 28 heavy (non-hydrogen) atoms. The van der Waals surface area contributed by atoms with Crippen molar-refractivity contribution in [2.45, 2.75) is 58.2 Å².